The maximum absolute atomic E-state index is 12.1. The fourth-order valence-corrected chi connectivity index (χ4v) is 3.59. The largest absolute Gasteiger partial charge is 0.867 e. The van der Waals surface area contributed by atoms with Crippen LogP contribution in [-0.2, 0) is 13.0 Å². The second-order valence-electron chi connectivity index (χ2n) is 6.81. The zero-order valence-corrected chi connectivity index (χ0v) is 16.2. The Bertz CT molecular complexity index is 1090. The van der Waals surface area contributed by atoms with Crippen LogP contribution in [0.4, 0.5) is 11.4 Å². The van der Waals surface area contributed by atoms with Crippen LogP contribution in [0.25, 0.3) is 11.4 Å². The molecular weight excluding hydrogens is 394 g/mol. The summed E-state index contributed by atoms with van der Waals surface area (Å²) in [6.45, 7) is 0.914. The highest BCUT2D eigenvalue weighted by molar-refractivity contribution is 6.31. The zero-order valence-electron chi connectivity index (χ0n) is 15.4. The molecule has 4 rings (SSSR count). The van der Waals surface area contributed by atoms with Crippen molar-refractivity contribution in [1.29, 1.82) is 0 Å². The van der Waals surface area contributed by atoms with Crippen LogP contribution >= 0.6 is 11.6 Å². The molecule has 0 fully saturated rings. The Balaban J connectivity index is 1.58. The number of aryl methyl sites for hydroxylation is 1. The Morgan fingerprint density at radius 3 is 2.69 bits per heavy atom. The lowest BCUT2D eigenvalue weighted by Crippen LogP contribution is -2.02. The summed E-state index contributed by atoms with van der Waals surface area (Å²) in [6, 6.07) is 9.79. The summed E-state index contributed by atoms with van der Waals surface area (Å²) >= 11 is 5.88. The van der Waals surface area contributed by atoms with Crippen LogP contribution in [0.1, 0.15) is 30.7 Å². The van der Waals surface area contributed by atoms with E-state index in [1.165, 1.54) is 18.7 Å². The minimum absolute atomic E-state index is 0.0658. The number of hydrogen-bond acceptors (Lipinski definition) is 6. The Hall–Kier alpha value is -3.26. The molecule has 2 heterocycles. The highest BCUT2D eigenvalue weighted by Gasteiger charge is 2.16. The van der Waals surface area contributed by atoms with Gasteiger partial charge in [0.1, 0.15) is 5.82 Å². The maximum atomic E-state index is 12.1. The molecule has 148 valence electrons. The normalized spacial score (nSPS) is 14.0. The van der Waals surface area contributed by atoms with Gasteiger partial charge in [-0.15, -0.1) is 10.2 Å². The molecule has 0 aliphatic carbocycles. The van der Waals surface area contributed by atoms with Crippen molar-refractivity contribution in [1.82, 2.24) is 14.8 Å². The number of aliphatic imine (C=N–C) groups is 1. The summed E-state index contributed by atoms with van der Waals surface area (Å²) in [7, 11) is 0. The summed E-state index contributed by atoms with van der Waals surface area (Å²) in [6.07, 6.45) is 5.68. The Morgan fingerprint density at radius 2 is 1.93 bits per heavy atom. The third-order valence-electron chi connectivity index (χ3n) is 4.85. The van der Waals surface area contributed by atoms with Crippen molar-refractivity contribution in [2.24, 2.45) is 4.99 Å². The van der Waals surface area contributed by atoms with Crippen molar-refractivity contribution >= 4 is 29.2 Å². The van der Waals surface area contributed by atoms with Gasteiger partial charge in [-0.05, 0) is 54.5 Å². The first kappa shape index (κ1) is 19.1. The molecule has 0 atom stereocenters. The first-order valence-corrected chi connectivity index (χ1v) is 9.62. The Morgan fingerprint density at radius 1 is 1.14 bits per heavy atom. The first-order valence-electron chi connectivity index (χ1n) is 9.24. The van der Waals surface area contributed by atoms with Crippen molar-refractivity contribution in [3.8, 4) is 17.1 Å². The molecule has 0 amide bonds. The van der Waals surface area contributed by atoms with Gasteiger partial charge in [0.05, 0.1) is 10.6 Å². The number of rotatable bonds is 4. The number of fused-ring (bicyclic) bond motifs is 1. The van der Waals surface area contributed by atoms with Crippen molar-refractivity contribution in [2.75, 3.05) is 0 Å². The fourth-order valence-electron chi connectivity index (χ4n) is 3.37. The van der Waals surface area contributed by atoms with Crippen molar-refractivity contribution in [3.05, 3.63) is 62.9 Å². The summed E-state index contributed by atoms with van der Waals surface area (Å²) < 4.78 is 2.17. The molecule has 29 heavy (non-hydrogen) atoms. The van der Waals surface area contributed by atoms with E-state index in [2.05, 4.69) is 19.8 Å². The van der Waals surface area contributed by atoms with Crippen LogP contribution in [0.2, 0.25) is 5.02 Å². The summed E-state index contributed by atoms with van der Waals surface area (Å²) in [5.41, 5.74) is 1.04. The van der Waals surface area contributed by atoms with E-state index in [-0.39, 0.29) is 10.6 Å². The van der Waals surface area contributed by atoms with Crippen molar-refractivity contribution in [3.63, 3.8) is 0 Å². The van der Waals surface area contributed by atoms with Crippen LogP contribution < -0.4 is 5.11 Å². The zero-order chi connectivity index (χ0) is 20.4. The van der Waals surface area contributed by atoms with E-state index in [1.807, 2.05) is 12.1 Å². The van der Waals surface area contributed by atoms with Crippen LogP contribution in [-0.4, -0.2) is 25.9 Å². The standard InChI is InChI=1S/C20H18ClN5O3/c21-15-10-14(19(27)17(11-15)26(28)29)12-22-16-7-5-13(6-8-16)20-24-23-18-4-2-1-3-9-25(18)20/h5-8,10-12,27H,1-4,9H2/p-1. The molecule has 1 aromatic heterocycles. The number of nitro benzene ring substituents is 1. The van der Waals surface area contributed by atoms with Crippen LogP contribution in [0, 0.1) is 10.1 Å². The summed E-state index contributed by atoms with van der Waals surface area (Å²) in [5.74, 6) is 1.14. The third-order valence-corrected chi connectivity index (χ3v) is 5.07. The molecule has 1 aliphatic rings. The van der Waals surface area contributed by atoms with E-state index >= 15 is 0 Å². The first-order chi connectivity index (χ1) is 14.0. The van der Waals surface area contributed by atoms with Gasteiger partial charge in [0.2, 0.25) is 0 Å². The van der Waals surface area contributed by atoms with Crippen molar-refractivity contribution in [2.45, 2.75) is 32.2 Å². The quantitative estimate of drug-likeness (QED) is 0.366. The molecular formula is C20H17ClN5O3-. The number of aromatic nitrogens is 3. The van der Waals surface area contributed by atoms with Gasteiger partial charge >= 0.3 is 0 Å². The van der Waals surface area contributed by atoms with E-state index in [0.717, 1.165) is 49.1 Å². The number of nitro groups is 1. The Kier molecular flexibility index (Phi) is 5.26. The maximum Gasteiger partial charge on any atom is 0.263 e. The minimum atomic E-state index is -0.748. The van der Waals surface area contributed by atoms with E-state index in [4.69, 9.17) is 11.6 Å². The van der Waals surface area contributed by atoms with E-state index in [0.29, 0.717) is 5.69 Å². The third kappa shape index (κ3) is 3.97. The van der Waals surface area contributed by atoms with Crippen LogP contribution in [0.15, 0.2) is 41.4 Å². The topological polar surface area (TPSA) is 109 Å². The van der Waals surface area contributed by atoms with Crippen LogP contribution in [0.3, 0.4) is 0 Å². The monoisotopic (exact) mass is 410 g/mol. The lowest BCUT2D eigenvalue weighted by atomic mass is 10.1. The molecule has 0 saturated carbocycles. The SMILES string of the molecule is O=[N+]([O-])c1cc(Cl)cc(C=Nc2ccc(-c3nnc4n3CCCCC4)cc2)c1[O-]. The second kappa shape index (κ2) is 8.00. The van der Waals surface area contributed by atoms with E-state index in [9.17, 15) is 15.2 Å². The van der Waals surface area contributed by atoms with Gasteiger partial charge in [0.15, 0.2) is 5.82 Å². The highest BCUT2D eigenvalue weighted by Crippen LogP contribution is 2.30. The van der Waals surface area contributed by atoms with Gasteiger partial charge in [-0.1, -0.05) is 18.0 Å². The van der Waals surface area contributed by atoms with Crippen LogP contribution in [0.5, 0.6) is 5.75 Å². The smallest absolute Gasteiger partial charge is 0.263 e. The van der Waals surface area contributed by atoms with Gasteiger partial charge in [-0.3, -0.25) is 15.1 Å². The van der Waals surface area contributed by atoms with Gasteiger partial charge in [0.25, 0.3) is 5.69 Å². The molecule has 0 saturated heterocycles. The molecule has 0 N–H and O–H groups in total. The van der Waals surface area contributed by atoms with Crippen molar-refractivity contribution < 1.29 is 10.0 Å². The predicted octanol–water partition coefficient (Wildman–Crippen LogP) is 4.06. The van der Waals surface area contributed by atoms with Gasteiger partial charge in [-0.2, -0.15) is 0 Å². The molecule has 0 bridgehead atoms. The molecule has 2 aromatic carbocycles. The lowest BCUT2D eigenvalue weighted by Gasteiger charge is -2.10. The Labute approximate surface area is 171 Å². The average Bonchev–Trinajstić information content (AvgIpc) is 2.96. The minimum Gasteiger partial charge on any atom is -0.867 e. The number of hydrogen-bond donors (Lipinski definition) is 0. The average molecular weight is 411 g/mol. The molecule has 0 spiro atoms. The molecule has 9 heteroatoms. The van der Waals surface area contributed by atoms with Gasteiger partial charge < -0.3 is 9.67 Å². The molecule has 0 radical (unpaired) electrons. The highest BCUT2D eigenvalue weighted by atomic mass is 35.5. The molecule has 3 aromatic rings. The fraction of sp³-hybridized carbons (Fsp3) is 0.250. The predicted molar refractivity (Wildman–Crippen MR) is 108 cm³/mol. The van der Waals surface area contributed by atoms with Gasteiger partial charge in [0, 0.05) is 35.8 Å². The second-order valence-corrected chi connectivity index (χ2v) is 7.24. The number of halogens is 1. The number of benzene rings is 2. The summed E-state index contributed by atoms with van der Waals surface area (Å²) in [5, 5.41) is 31.9. The van der Waals surface area contributed by atoms with E-state index < -0.39 is 16.4 Å². The molecule has 8 nitrogen and oxygen atoms in total. The summed E-state index contributed by atoms with van der Waals surface area (Å²) in [4.78, 5) is 14.5. The molecule has 1 aliphatic heterocycles. The van der Waals surface area contributed by atoms with Gasteiger partial charge in [-0.25, -0.2) is 0 Å². The lowest BCUT2D eigenvalue weighted by molar-refractivity contribution is -0.398. The molecule has 0 unspecified atom stereocenters. The number of nitrogens with zero attached hydrogens (tertiary/aromatic N) is 5. The van der Waals surface area contributed by atoms with E-state index in [1.54, 1.807) is 12.1 Å².